The molecule has 0 radical (unpaired) electrons. The average Bonchev–Trinajstić information content (AvgIpc) is 3.35. The second kappa shape index (κ2) is 7.44. The maximum atomic E-state index is 13.0. The van der Waals surface area contributed by atoms with Crippen LogP contribution in [0.25, 0.3) is 11.1 Å². The minimum atomic E-state index is -4.77. The van der Waals surface area contributed by atoms with E-state index in [4.69, 9.17) is 4.74 Å². The number of H-pyrrole nitrogens is 1. The van der Waals surface area contributed by atoms with Crippen LogP contribution in [0.2, 0.25) is 0 Å². The van der Waals surface area contributed by atoms with Gasteiger partial charge in [-0.25, -0.2) is 4.79 Å². The topological polar surface area (TPSA) is 72.1 Å². The standard InChI is InChI=1S/C22H17F3N2O3/c1-2-12-10-14(30-21(29)17-11-26-27-20(17)22(23,24)25)7-8-15(12)16-5-3-4-13-6-9-18(28)19(13)16/h3-5,7-8,10-11H,2,6,9H2,1H3,(H,26,27). The Kier molecular flexibility index (Phi) is 4.93. The fraction of sp³-hybridized carbons (Fsp3) is 0.227. The summed E-state index contributed by atoms with van der Waals surface area (Å²) in [5, 5.41) is 5.15. The highest BCUT2D eigenvalue weighted by Crippen LogP contribution is 2.36. The first-order valence-corrected chi connectivity index (χ1v) is 9.41. The third kappa shape index (κ3) is 3.49. The second-order valence-corrected chi connectivity index (χ2v) is 6.97. The molecule has 0 fully saturated rings. The molecule has 8 heteroatoms. The number of carbonyl (C=O) groups excluding carboxylic acids is 2. The van der Waals surface area contributed by atoms with Gasteiger partial charge in [0.1, 0.15) is 11.3 Å². The molecule has 0 bridgehead atoms. The Morgan fingerprint density at radius 1 is 1.17 bits per heavy atom. The van der Waals surface area contributed by atoms with E-state index in [0.717, 1.165) is 28.5 Å². The van der Waals surface area contributed by atoms with Crippen molar-refractivity contribution in [3.05, 3.63) is 70.5 Å². The number of ether oxygens (including phenoxy) is 1. The third-order valence-electron chi connectivity index (χ3n) is 5.14. The molecule has 1 N–H and O–H groups in total. The summed E-state index contributed by atoms with van der Waals surface area (Å²) < 4.78 is 44.1. The van der Waals surface area contributed by atoms with Gasteiger partial charge in [0.05, 0.1) is 0 Å². The van der Waals surface area contributed by atoms with Crippen molar-refractivity contribution in [3.8, 4) is 16.9 Å². The lowest BCUT2D eigenvalue weighted by molar-refractivity contribution is -0.141. The van der Waals surface area contributed by atoms with E-state index in [1.807, 2.05) is 30.2 Å². The van der Waals surface area contributed by atoms with Crippen molar-refractivity contribution in [2.75, 3.05) is 0 Å². The van der Waals surface area contributed by atoms with E-state index in [-0.39, 0.29) is 11.5 Å². The summed E-state index contributed by atoms with van der Waals surface area (Å²) in [4.78, 5) is 24.6. The zero-order valence-electron chi connectivity index (χ0n) is 16.0. The normalized spacial score (nSPS) is 13.4. The fourth-order valence-corrected chi connectivity index (χ4v) is 3.75. The van der Waals surface area contributed by atoms with E-state index in [1.165, 1.54) is 6.07 Å². The van der Waals surface area contributed by atoms with Crippen LogP contribution in [0.1, 0.15) is 50.9 Å². The number of rotatable bonds is 4. The highest BCUT2D eigenvalue weighted by molar-refractivity contribution is 6.06. The lowest BCUT2D eigenvalue weighted by Gasteiger charge is -2.14. The number of ketones is 1. The van der Waals surface area contributed by atoms with Gasteiger partial charge in [-0.2, -0.15) is 18.3 Å². The molecular weight excluding hydrogens is 397 g/mol. The van der Waals surface area contributed by atoms with E-state index in [1.54, 1.807) is 12.1 Å². The van der Waals surface area contributed by atoms with Gasteiger partial charge < -0.3 is 4.74 Å². The zero-order chi connectivity index (χ0) is 21.5. The Hall–Kier alpha value is -3.42. The molecule has 1 aliphatic carbocycles. The number of esters is 1. The number of hydrogen-bond donors (Lipinski definition) is 1. The van der Waals surface area contributed by atoms with Crippen LogP contribution in [-0.2, 0) is 19.0 Å². The summed E-state index contributed by atoms with van der Waals surface area (Å²) in [6.07, 6.45) is -2.13. The molecule has 1 heterocycles. The van der Waals surface area contributed by atoms with Gasteiger partial charge in [0.15, 0.2) is 11.5 Å². The van der Waals surface area contributed by atoms with E-state index >= 15 is 0 Å². The van der Waals surface area contributed by atoms with Crippen LogP contribution in [0, 0.1) is 0 Å². The smallest absolute Gasteiger partial charge is 0.423 e. The predicted molar refractivity (Wildman–Crippen MR) is 102 cm³/mol. The summed E-state index contributed by atoms with van der Waals surface area (Å²) in [5.74, 6) is -0.937. The molecule has 0 unspecified atom stereocenters. The Labute approximate surface area is 169 Å². The molecule has 3 aromatic rings. The van der Waals surface area contributed by atoms with Crippen molar-refractivity contribution in [2.45, 2.75) is 32.4 Å². The van der Waals surface area contributed by atoms with Crippen LogP contribution < -0.4 is 4.74 Å². The monoisotopic (exact) mass is 414 g/mol. The summed E-state index contributed by atoms with van der Waals surface area (Å²) in [7, 11) is 0. The molecule has 2 aromatic carbocycles. The van der Waals surface area contributed by atoms with E-state index in [0.29, 0.717) is 24.8 Å². The Morgan fingerprint density at radius 2 is 1.97 bits per heavy atom. The molecule has 30 heavy (non-hydrogen) atoms. The van der Waals surface area contributed by atoms with Gasteiger partial charge in [0, 0.05) is 18.2 Å². The van der Waals surface area contributed by atoms with Gasteiger partial charge in [0.2, 0.25) is 0 Å². The summed E-state index contributed by atoms with van der Waals surface area (Å²) in [5.41, 5.74) is 2.19. The summed E-state index contributed by atoms with van der Waals surface area (Å²) in [6.45, 7) is 1.91. The molecule has 1 aromatic heterocycles. The lowest BCUT2D eigenvalue weighted by Crippen LogP contribution is -2.16. The SMILES string of the molecule is CCc1cc(OC(=O)c2c[nH]nc2C(F)(F)F)ccc1-c1cccc2c1C(=O)CC2. The maximum Gasteiger partial charge on any atom is 0.436 e. The molecule has 0 saturated heterocycles. The number of hydrogen-bond acceptors (Lipinski definition) is 4. The Bertz CT molecular complexity index is 1150. The lowest BCUT2D eigenvalue weighted by atomic mass is 9.92. The van der Waals surface area contributed by atoms with Gasteiger partial charge in [-0.15, -0.1) is 0 Å². The highest BCUT2D eigenvalue weighted by atomic mass is 19.4. The number of Topliss-reactive ketones (excluding diaryl/α,β-unsaturated/α-hetero) is 1. The fourth-order valence-electron chi connectivity index (χ4n) is 3.75. The molecule has 1 aliphatic rings. The van der Waals surface area contributed by atoms with Gasteiger partial charge in [-0.1, -0.05) is 31.2 Å². The van der Waals surface area contributed by atoms with E-state index in [9.17, 15) is 22.8 Å². The van der Waals surface area contributed by atoms with E-state index in [2.05, 4.69) is 5.10 Å². The van der Waals surface area contributed by atoms with Crippen molar-refractivity contribution in [3.63, 3.8) is 0 Å². The third-order valence-corrected chi connectivity index (χ3v) is 5.14. The second-order valence-electron chi connectivity index (χ2n) is 6.97. The number of aromatic nitrogens is 2. The highest BCUT2D eigenvalue weighted by Gasteiger charge is 2.39. The van der Waals surface area contributed by atoms with Crippen molar-refractivity contribution >= 4 is 11.8 Å². The first kappa shape index (κ1) is 19.9. The number of carbonyl (C=O) groups is 2. The largest absolute Gasteiger partial charge is 0.436 e. The van der Waals surface area contributed by atoms with Crippen LogP contribution in [0.4, 0.5) is 13.2 Å². The number of aryl methyl sites for hydroxylation is 2. The zero-order valence-corrected chi connectivity index (χ0v) is 16.0. The minimum absolute atomic E-state index is 0.0952. The van der Waals surface area contributed by atoms with Gasteiger partial charge in [-0.05, 0) is 47.2 Å². The Morgan fingerprint density at radius 3 is 2.70 bits per heavy atom. The van der Waals surface area contributed by atoms with Crippen molar-refractivity contribution < 1.29 is 27.5 Å². The molecule has 0 aliphatic heterocycles. The Balaban J connectivity index is 1.67. The van der Waals surface area contributed by atoms with E-state index < -0.39 is 23.4 Å². The maximum absolute atomic E-state index is 13.0. The number of nitrogens with zero attached hydrogens (tertiary/aromatic N) is 1. The quantitative estimate of drug-likeness (QED) is 0.481. The van der Waals surface area contributed by atoms with Crippen molar-refractivity contribution in [2.24, 2.45) is 0 Å². The van der Waals surface area contributed by atoms with Crippen LogP contribution in [0.3, 0.4) is 0 Å². The molecule has 5 nitrogen and oxygen atoms in total. The number of nitrogens with one attached hydrogen (secondary N) is 1. The molecule has 0 spiro atoms. The molecule has 0 amide bonds. The number of benzene rings is 2. The molecule has 0 atom stereocenters. The first-order chi connectivity index (χ1) is 14.3. The van der Waals surface area contributed by atoms with Crippen LogP contribution >= 0.6 is 0 Å². The summed E-state index contributed by atoms with van der Waals surface area (Å²) in [6, 6.07) is 10.6. The number of halogens is 3. The molecule has 0 saturated carbocycles. The van der Waals surface area contributed by atoms with Gasteiger partial charge >= 0.3 is 12.1 Å². The van der Waals surface area contributed by atoms with Crippen molar-refractivity contribution in [1.29, 1.82) is 0 Å². The first-order valence-electron chi connectivity index (χ1n) is 9.41. The number of aromatic amines is 1. The minimum Gasteiger partial charge on any atom is -0.423 e. The number of fused-ring (bicyclic) bond motifs is 1. The summed E-state index contributed by atoms with van der Waals surface area (Å²) >= 11 is 0. The van der Waals surface area contributed by atoms with Crippen LogP contribution in [0.15, 0.2) is 42.6 Å². The van der Waals surface area contributed by atoms with Crippen molar-refractivity contribution in [1.82, 2.24) is 10.2 Å². The van der Waals surface area contributed by atoms with Gasteiger partial charge in [0.25, 0.3) is 0 Å². The van der Waals surface area contributed by atoms with Crippen LogP contribution in [-0.4, -0.2) is 21.9 Å². The molecular formula is C22H17F3N2O3. The average molecular weight is 414 g/mol. The van der Waals surface area contributed by atoms with Crippen LogP contribution in [0.5, 0.6) is 5.75 Å². The molecule has 154 valence electrons. The predicted octanol–water partition coefficient (Wildman–Crippen LogP) is 5.01. The molecule has 4 rings (SSSR count). The van der Waals surface area contributed by atoms with Gasteiger partial charge in [-0.3, -0.25) is 9.89 Å². The number of alkyl halides is 3.